The maximum absolute atomic E-state index is 5.34. The van der Waals surface area contributed by atoms with E-state index >= 15 is 0 Å². The first-order chi connectivity index (χ1) is 7.83. The van der Waals surface area contributed by atoms with Gasteiger partial charge in [-0.25, -0.2) is 0 Å². The highest BCUT2D eigenvalue weighted by Crippen LogP contribution is 2.40. The molecule has 0 aromatic carbocycles. The van der Waals surface area contributed by atoms with Crippen LogP contribution in [0.4, 0.5) is 0 Å². The predicted molar refractivity (Wildman–Crippen MR) is 74.5 cm³/mol. The molecular weight excluding hydrogens is 236 g/mol. The smallest absolute Gasteiger partial charge is 0.145 e. The Kier molecular flexibility index (Phi) is 5.29. The third-order valence-corrected chi connectivity index (χ3v) is 3.98. The number of thiophene rings is 2. The van der Waals surface area contributed by atoms with Crippen LogP contribution < -0.4 is 4.74 Å². The summed E-state index contributed by atoms with van der Waals surface area (Å²) in [6.45, 7) is 9.68. The summed E-state index contributed by atoms with van der Waals surface area (Å²) in [6.07, 6.45) is 1.47. The third-order valence-electron chi connectivity index (χ3n) is 1.91. The molecule has 0 atom stereocenters. The molecular formula is C13H16OS2. The Morgan fingerprint density at radius 2 is 1.75 bits per heavy atom. The lowest BCUT2D eigenvalue weighted by Crippen LogP contribution is -1.79. The molecule has 0 N–H and O–H groups in total. The topological polar surface area (TPSA) is 9.23 Å². The normalized spacial score (nSPS) is 9.19. The van der Waals surface area contributed by atoms with Crippen molar-refractivity contribution in [3.8, 4) is 15.5 Å². The van der Waals surface area contributed by atoms with E-state index in [0.717, 1.165) is 5.75 Å². The molecule has 0 unspecified atom stereocenters. The zero-order chi connectivity index (χ0) is 12.0. The summed E-state index contributed by atoms with van der Waals surface area (Å²) in [6, 6.07) is 4.10. The van der Waals surface area contributed by atoms with Crippen LogP contribution in [0.5, 0.6) is 5.75 Å². The Hall–Kier alpha value is -1.06. The van der Waals surface area contributed by atoms with Gasteiger partial charge in [-0.3, -0.25) is 0 Å². The molecule has 0 spiro atoms. The lowest BCUT2D eigenvalue weighted by molar-refractivity contribution is 0.487. The third kappa shape index (κ3) is 2.74. The quantitative estimate of drug-likeness (QED) is 0.670. The predicted octanol–water partition coefficient (Wildman–Crippen LogP) is 5.33. The zero-order valence-electron chi connectivity index (χ0n) is 9.82. The van der Waals surface area contributed by atoms with Gasteiger partial charge in [0, 0.05) is 0 Å². The van der Waals surface area contributed by atoms with Gasteiger partial charge in [0.05, 0.1) is 16.0 Å². The van der Waals surface area contributed by atoms with Crippen molar-refractivity contribution in [3.05, 3.63) is 41.3 Å². The molecule has 0 fully saturated rings. The van der Waals surface area contributed by atoms with E-state index in [-0.39, 0.29) is 0 Å². The Morgan fingerprint density at radius 1 is 1.12 bits per heavy atom. The monoisotopic (exact) mass is 252 g/mol. The van der Waals surface area contributed by atoms with Gasteiger partial charge in [-0.15, -0.1) is 22.7 Å². The minimum absolute atomic E-state index is 0.899. The van der Waals surface area contributed by atoms with Crippen molar-refractivity contribution >= 4 is 22.7 Å². The number of rotatable bonds is 3. The van der Waals surface area contributed by atoms with Crippen LogP contribution in [-0.2, 0) is 0 Å². The number of aryl methyl sites for hydroxylation is 1. The van der Waals surface area contributed by atoms with Crippen molar-refractivity contribution in [3.63, 3.8) is 0 Å². The van der Waals surface area contributed by atoms with E-state index in [1.807, 2.05) is 25.3 Å². The average molecular weight is 252 g/mol. The van der Waals surface area contributed by atoms with E-state index in [1.54, 1.807) is 22.7 Å². The minimum atomic E-state index is 0.899. The van der Waals surface area contributed by atoms with Gasteiger partial charge in [0.15, 0.2) is 0 Å². The summed E-state index contributed by atoms with van der Waals surface area (Å²) in [4.78, 5) is 2.48. The van der Waals surface area contributed by atoms with Gasteiger partial charge in [0.2, 0.25) is 0 Å². The maximum Gasteiger partial charge on any atom is 0.145 e. The molecule has 0 amide bonds. The zero-order valence-corrected chi connectivity index (χ0v) is 11.5. The fraction of sp³-hybridized carbons (Fsp3) is 0.231. The molecule has 0 bridgehead atoms. The Bertz CT molecular complexity index is 440. The van der Waals surface area contributed by atoms with Crippen molar-refractivity contribution < 1.29 is 4.74 Å². The first-order valence-corrected chi connectivity index (χ1v) is 6.98. The molecule has 2 aromatic heterocycles. The number of hydrogen-bond donors (Lipinski definition) is 0. The van der Waals surface area contributed by atoms with Crippen molar-refractivity contribution in [1.29, 1.82) is 0 Å². The molecule has 2 rings (SSSR count). The van der Waals surface area contributed by atoms with Gasteiger partial charge in [-0.1, -0.05) is 20.4 Å². The molecule has 2 heterocycles. The minimum Gasteiger partial charge on any atom is -0.464 e. The highest BCUT2D eigenvalue weighted by Gasteiger charge is 2.10. The second-order valence-corrected chi connectivity index (χ2v) is 4.66. The lowest BCUT2D eigenvalue weighted by atomic mass is 10.2. The SMILES string of the molecule is C=COc1ccsc1-c1sccc1C.CC. The van der Waals surface area contributed by atoms with Crippen LogP contribution in [0.15, 0.2) is 35.7 Å². The fourth-order valence-corrected chi connectivity index (χ4v) is 3.24. The van der Waals surface area contributed by atoms with Crippen LogP contribution in [0, 0.1) is 6.92 Å². The van der Waals surface area contributed by atoms with Crippen molar-refractivity contribution in [2.45, 2.75) is 20.8 Å². The van der Waals surface area contributed by atoms with Crippen molar-refractivity contribution in [2.24, 2.45) is 0 Å². The van der Waals surface area contributed by atoms with E-state index in [4.69, 9.17) is 4.74 Å². The molecule has 86 valence electrons. The second kappa shape index (κ2) is 6.51. The number of ether oxygens (including phenoxy) is 1. The molecule has 0 aliphatic carbocycles. The van der Waals surface area contributed by atoms with Crippen LogP contribution >= 0.6 is 22.7 Å². The molecule has 0 saturated heterocycles. The van der Waals surface area contributed by atoms with Crippen LogP contribution in [-0.4, -0.2) is 0 Å². The van der Waals surface area contributed by atoms with Gasteiger partial charge < -0.3 is 4.74 Å². The molecule has 0 saturated carbocycles. The summed E-state index contributed by atoms with van der Waals surface area (Å²) in [5.74, 6) is 0.899. The Morgan fingerprint density at radius 3 is 2.31 bits per heavy atom. The molecule has 2 aromatic rings. The number of hydrogen-bond acceptors (Lipinski definition) is 3. The van der Waals surface area contributed by atoms with Crippen LogP contribution in [0.3, 0.4) is 0 Å². The van der Waals surface area contributed by atoms with E-state index in [0.29, 0.717) is 0 Å². The van der Waals surface area contributed by atoms with Crippen LogP contribution in [0.25, 0.3) is 9.75 Å². The van der Waals surface area contributed by atoms with Crippen molar-refractivity contribution in [2.75, 3.05) is 0 Å². The summed E-state index contributed by atoms with van der Waals surface area (Å²) in [7, 11) is 0. The molecule has 16 heavy (non-hydrogen) atoms. The van der Waals surface area contributed by atoms with Crippen LogP contribution in [0.2, 0.25) is 0 Å². The maximum atomic E-state index is 5.34. The van der Waals surface area contributed by atoms with E-state index in [1.165, 1.54) is 21.6 Å². The molecule has 0 aliphatic rings. The van der Waals surface area contributed by atoms with Gasteiger partial charge in [-0.05, 0) is 35.4 Å². The average Bonchev–Trinajstić information content (AvgIpc) is 2.90. The summed E-state index contributed by atoms with van der Waals surface area (Å²) < 4.78 is 5.34. The van der Waals surface area contributed by atoms with Crippen LogP contribution in [0.1, 0.15) is 19.4 Å². The molecule has 1 nitrogen and oxygen atoms in total. The summed E-state index contributed by atoms with van der Waals surface area (Å²) in [5, 5.41) is 4.13. The standard InChI is InChI=1S/C11H10OS2.C2H6/c1-3-12-9-5-7-14-11(9)10-8(2)4-6-13-10;1-2/h3-7H,1H2,2H3;1-2H3. The Balaban J connectivity index is 0.000000606. The highest BCUT2D eigenvalue weighted by atomic mass is 32.1. The largest absolute Gasteiger partial charge is 0.464 e. The fourth-order valence-electron chi connectivity index (χ4n) is 1.25. The molecule has 0 aliphatic heterocycles. The highest BCUT2D eigenvalue weighted by molar-refractivity contribution is 7.20. The van der Waals surface area contributed by atoms with E-state index < -0.39 is 0 Å². The van der Waals surface area contributed by atoms with Gasteiger partial charge in [-0.2, -0.15) is 0 Å². The lowest BCUT2D eigenvalue weighted by Gasteiger charge is -2.00. The van der Waals surface area contributed by atoms with E-state index in [2.05, 4.69) is 24.9 Å². The van der Waals surface area contributed by atoms with Crippen molar-refractivity contribution in [1.82, 2.24) is 0 Å². The van der Waals surface area contributed by atoms with Gasteiger partial charge in [0.1, 0.15) is 5.75 Å². The molecule has 3 heteroatoms. The summed E-state index contributed by atoms with van der Waals surface area (Å²) in [5.41, 5.74) is 1.30. The first kappa shape index (κ1) is 13.0. The summed E-state index contributed by atoms with van der Waals surface area (Å²) >= 11 is 3.44. The van der Waals surface area contributed by atoms with Gasteiger partial charge in [0.25, 0.3) is 0 Å². The molecule has 0 radical (unpaired) electrons. The van der Waals surface area contributed by atoms with Gasteiger partial charge >= 0.3 is 0 Å². The van der Waals surface area contributed by atoms with E-state index in [9.17, 15) is 0 Å². The first-order valence-electron chi connectivity index (χ1n) is 5.22. The Labute approximate surface area is 105 Å². The second-order valence-electron chi connectivity index (χ2n) is 2.83.